The zero-order valence-electron chi connectivity index (χ0n) is 9.26. The van der Waals surface area contributed by atoms with Gasteiger partial charge in [-0.1, -0.05) is 41.9 Å². The van der Waals surface area contributed by atoms with E-state index in [2.05, 4.69) is 50.0 Å². The van der Waals surface area contributed by atoms with Gasteiger partial charge in [0.25, 0.3) is 0 Å². The summed E-state index contributed by atoms with van der Waals surface area (Å²) in [6.07, 6.45) is 4.00. The topological polar surface area (TPSA) is 3.24 Å². The average molecular weight is 198 g/mol. The number of likely N-dealkylation sites (N-methyl/N-ethyl adjacent to an activating group) is 1. The molecule has 1 aromatic carbocycles. The summed E-state index contributed by atoms with van der Waals surface area (Å²) in [5.41, 5.74) is 1.23. The van der Waals surface area contributed by atoms with Crippen molar-refractivity contribution in [3.63, 3.8) is 0 Å². The number of benzene rings is 1. The fourth-order valence-corrected chi connectivity index (χ4v) is 1.30. The first-order chi connectivity index (χ1) is 7.36. The fraction of sp³-hybridized carbons (Fsp3) is 0.231. The maximum absolute atomic E-state index is 3.73. The van der Waals surface area contributed by atoms with E-state index < -0.39 is 0 Å². The van der Waals surface area contributed by atoms with Crippen LogP contribution < -0.4 is 5.46 Å². The summed E-state index contributed by atoms with van der Waals surface area (Å²) in [7, 11) is 2.10. The molecule has 0 atom stereocenters. The van der Waals surface area contributed by atoms with Crippen LogP contribution in [0.1, 0.15) is 6.92 Å². The Labute approximate surface area is 93.4 Å². The maximum Gasteiger partial charge on any atom is 0.183 e. The van der Waals surface area contributed by atoms with E-state index in [9.17, 15) is 0 Å². The molecular formula is C13H17BN. The first-order valence-electron chi connectivity index (χ1n) is 5.28. The fourth-order valence-electron chi connectivity index (χ4n) is 1.30. The lowest BCUT2D eigenvalue weighted by atomic mass is 9.71. The van der Waals surface area contributed by atoms with E-state index in [-0.39, 0.29) is 0 Å². The van der Waals surface area contributed by atoms with E-state index in [0.29, 0.717) is 0 Å². The van der Waals surface area contributed by atoms with Crippen molar-refractivity contribution in [1.29, 1.82) is 0 Å². The van der Waals surface area contributed by atoms with Crippen molar-refractivity contribution >= 4 is 12.7 Å². The van der Waals surface area contributed by atoms with Crippen LogP contribution in [0.25, 0.3) is 0 Å². The molecule has 15 heavy (non-hydrogen) atoms. The molecule has 0 N–H and O–H groups in total. The highest BCUT2D eigenvalue weighted by Gasteiger charge is 1.92. The molecule has 1 aromatic rings. The molecule has 0 bridgehead atoms. The lowest BCUT2D eigenvalue weighted by Crippen LogP contribution is -2.18. The molecule has 0 heterocycles. The molecule has 0 aromatic heterocycles. The molecule has 0 aliphatic carbocycles. The smallest absolute Gasteiger partial charge is 0.183 e. The molecule has 0 spiro atoms. The Bertz CT molecular complexity index is 306. The average Bonchev–Trinajstić information content (AvgIpc) is 2.29. The molecule has 1 radical (unpaired) electrons. The van der Waals surface area contributed by atoms with Crippen LogP contribution in [0.15, 0.2) is 55.2 Å². The lowest BCUT2D eigenvalue weighted by Gasteiger charge is -2.14. The normalized spacial score (nSPS) is 10.2. The van der Waals surface area contributed by atoms with Crippen molar-refractivity contribution in [3.8, 4) is 0 Å². The summed E-state index contributed by atoms with van der Waals surface area (Å²) in [5.74, 6) is 2.07. The maximum atomic E-state index is 3.73. The minimum atomic E-state index is 0.898. The molecule has 0 aliphatic heterocycles. The monoisotopic (exact) mass is 198 g/mol. The lowest BCUT2D eigenvalue weighted by molar-refractivity contribution is 0.440. The second kappa shape index (κ2) is 6.94. The van der Waals surface area contributed by atoms with Crippen molar-refractivity contribution < 1.29 is 0 Å². The molecule has 0 unspecified atom stereocenters. The molecular weight excluding hydrogens is 181 g/mol. The minimum absolute atomic E-state index is 0.898. The molecule has 1 nitrogen and oxygen atoms in total. The molecule has 0 fully saturated rings. The summed E-state index contributed by atoms with van der Waals surface area (Å²) in [5, 5.41) is 0. The predicted octanol–water partition coefficient (Wildman–Crippen LogP) is 2.00. The third-order valence-electron chi connectivity index (χ3n) is 2.15. The van der Waals surface area contributed by atoms with Gasteiger partial charge in [-0.2, -0.15) is 0 Å². The van der Waals surface area contributed by atoms with Crippen LogP contribution in [0.5, 0.6) is 0 Å². The van der Waals surface area contributed by atoms with Gasteiger partial charge in [0.1, 0.15) is 0 Å². The summed E-state index contributed by atoms with van der Waals surface area (Å²) >= 11 is 0. The van der Waals surface area contributed by atoms with Gasteiger partial charge in [0, 0.05) is 13.1 Å². The van der Waals surface area contributed by atoms with Gasteiger partial charge in [-0.3, -0.25) is 0 Å². The van der Waals surface area contributed by atoms with Crippen molar-refractivity contribution in [2.45, 2.75) is 6.92 Å². The first kappa shape index (κ1) is 11.6. The van der Waals surface area contributed by atoms with Crippen LogP contribution >= 0.6 is 0 Å². The molecule has 77 valence electrons. The second-order valence-electron chi connectivity index (χ2n) is 3.30. The Kier molecular flexibility index (Phi) is 5.38. The minimum Gasteiger partial charge on any atom is -0.375 e. The molecule has 1 rings (SSSR count). The summed E-state index contributed by atoms with van der Waals surface area (Å²) in [6.45, 7) is 7.77. The van der Waals surface area contributed by atoms with Gasteiger partial charge in [-0.15, -0.1) is 12.6 Å². The highest BCUT2D eigenvalue weighted by atomic mass is 15.1. The molecule has 0 amide bonds. The van der Waals surface area contributed by atoms with Crippen molar-refractivity contribution in [3.05, 3.63) is 55.2 Å². The molecule has 2 heteroatoms. The van der Waals surface area contributed by atoms with Gasteiger partial charge < -0.3 is 4.90 Å². The van der Waals surface area contributed by atoms with Gasteiger partial charge in [0.2, 0.25) is 0 Å². The van der Waals surface area contributed by atoms with Crippen molar-refractivity contribution in [2.75, 3.05) is 13.1 Å². The van der Waals surface area contributed by atoms with Crippen molar-refractivity contribution in [1.82, 2.24) is 4.90 Å². The van der Waals surface area contributed by atoms with E-state index >= 15 is 0 Å². The van der Waals surface area contributed by atoms with E-state index in [1.54, 1.807) is 0 Å². The van der Waals surface area contributed by atoms with Gasteiger partial charge in [-0.05, 0) is 13.1 Å². The van der Waals surface area contributed by atoms with E-state index in [4.69, 9.17) is 0 Å². The Hall–Kier alpha value is -1.44. The van der Waals surface area contributed by atoms with Crippen LogP contribution in [-0.4, -0.2) is 25.3 Å². The second-order valence-corrected chi connectivity index (χ2v) is 3.30. The first-order valence-corrected chi connectivity index (χ1v) is 5.28. The van der Waals surface area contributed by atoms with E-state index in [0.717, 1.165) is 13.1 Å². The predicted molar refractivity (Wildman–Crippen MR) is 68.4 cm³/mol. The van der Waals surface area contributed by atoms with Crippen LogP contribution in [0, 0.1) is 0 Å². The highest BCUT2D eigenvalue weighted by Crippen LogP contribution is 1.89. The van der Waals surface area contributed by atoms with E-state index in [1.165, 1.54) is 5.46 Å². The third kappa shape index (κ3) is 4.55. The van der Waals surface area contributed by atoms with Gasteiger partial charge in [0.15, 0.2) is 7.28 Å². The van der Waals surface area contributed by atoms with Crippen molar-refractivity contribution in [2.24, 2.45) is 0 Å². The van der Waals surface area contributed by atoms with Gasteiger partial charge >= 0.3 is 0 Å². The van der Waals surface area contributed by atoms with Crippen LogP contribution in [0.4, 0.5) is 0 Å². The van der Waals surface area contributed by atoms with Crippen LogP contribution in [0.2, 0.25) is 0 Å². The Morgan fingerprint density at radius 1 is 1.33 bits per heavy atom. The Morgan fingerprint density at radius 2 is 2.07 bits per heavy atom. The summed E-state index contributed by atoms with van der Waals surface area (Å²) in [6, 6.07) is 10.3. The number of rotatable bonds is 6. The van der Waals surface area contributed by atoms with Crippen LogP contribution in [-0.2, 0) is 0 Å². The summed E-state index contributed by atoms with van der Waals surface area (Å²) < 4.78 is 0. The quantitative estimate of drug-likeness (QED) is 0.499. The molecule has 0 saturated heterocycles. The van der Waals surface area contributed by atoms with Gasteiger partial charge in [0.05, 0.1) is 0 Å². The van der Waals surface area contributed by atoms with Gasteiger partial charge in [-0.25, -0.2) is 0 Å². The number of hydrogen-bond donors (Lipinski definition) is 0. The molecule has 0 aliphatic rings. The molecule has 0 saturated carbocycles. The Morgan fingerprint density at radius 3 is 2.67 bits per heavy atom. The Balaban J connectivity index is 2.41. The SMILES string of the molecule is C=CCN(C=C[B]c1ccccc1)CC. The highest BCUT2D eigenvalue weighted by molar-refractivity contribution is 6.58. The standard InChI is InChI=1S/C13H17BN/c1-3-11-15(4-2)12-10-14-13-8-6-5-7-9-13/h3,5-10,12H,1,4,11H2,2H3. The largest absolute Gasteiger partial charge is 0.375 e. The third-order valence-corrected chi connectivity index (χ3v) is 2.15. The zero-order valence-corrected chi connectivity index (χ0v) is 9.26. The van der Waals surface area contributed by atoms with E-state index in [1.807, 2.05) is 24.3 Å². The zero-order chi connectivity index (χ0) is 10.9. The summed E-state index contributed by atoms with van der Waals surface area (Å²) in [4.78, 5) is 2.20. The number of hydrogen-bond acceptors (Lipinski definition) is 1. The number of nitrogens with zero attached hydrogens (tertiary/aromatic N) is 1. The van der Waals surface area contributed by atoms with Crippen LogP contribution in [0.3, 0.4) is 0 Å².